The van der Waals surface area contributed by atoms with E-state index in [1.807, 2.05) is 13.0 Å². The molecule has 2 aromatic carbocycles. The molecular weight excluding hydrogens is 312 g/mol. The lowest BCUT2D eigenvalue weighted by Crippen LogP contribution is -2.50. The minimum Gasteiger partial charge on any atom is -0.388 e. The van der Waals surface area contributed by atoms with Gasteiger partial charge < -0.3 is 15.2 Å². The SMILES string of the molecule is CC(O)(CNCc1cccc(-c2ccccc2)c1)CN1CCOCC1. The van der Waals surface area contributed by atoms with E-state index in [1.54, 1.807) is 0 Å². The molecule has 134 valence electrons. The zero-order valence-corrected chi connectivity index (χ0v) is 14.9. The van der Waals surface area contributed by atoms with Crippen LogP contribution >= 0.6 is 0 Å². The van der Waals surface area contributed by atoms with E-state index in [-0.39, 0.29) is 0 Å². The molecule has 2 N–H and O–H groups in total. The Bertz CT molecular complexity index is 652. The Hall–Kier alpha value is -1.72. The summed E-state index contributed by atoms with van der Waals surface area (Å²) in [7, 11) is 0. The van der Waals surface area contributed by atoms with Crippen LogP contribution < -0.4 is 5.32 Å². The molecule has 25 heavy (non-hydrogen) atoms. The number of nitrogens with zero attached hydrogens (tertiary/aromatic N) is 1. The number of hydrogen-bond donors (Lipinski definition) is 2. The Morgan fingerprint density at radius 3 is 2.52 bits per heavy atom. The van der Waals surface area contributed by atoms with Crippen LogP contribution in [0.4, 0.5) is 0 Å². The predicted octanol–water partition coefficient (Wildman–Crippen LogP) is 2.53. The van der Waals surface area contributed by atoms with Gasteiger partial charge in [0.25, 0.3) is 0 Å². The first-order valence-electron chi connectivity index (χ1n) is 9.00. The van der Waals surface area contributed by atoms with Crippen molar-refractivity contribution in [2.24, 2.45) is 0 Å². The van der Waals surface area contributed by atoms with Crippen molar-refractivity contribution in [3.63, 3.8) is 0 Å². The molecule has 1 saturated heterocycles. The summed E-state index contributed by atoms with van der Waals surface area (Å²) >= 11 is 0. The van der Waals surface area contributed by atoms with Crippen LogP contribution in [0.15, 0.2) is 54.6 Å². The van der Waals surface area contributed by atoms with Crippen LogP contribution in [-0.4, -0.2) is 55.0 Å². The Balaban J connectivity index is 1.51. The van der Waals surface area contributed by atoms with Crippen molar-refractivity contribution in [3.05, 3.63) is 60.2 Å². The van der Waals surface area contributed by atoms with Gasteiger partial charge in [0, 0.05) is 32.7 Å². The summed E-state index contributed by atoms with van der Waals surface area (Å²) in [5.41, 5.74) is 2.93. The van der Waals surface area contributed by atoms with Crippen molar-refractivity contribution < 1.29 is 9.84 Å². The second kappa shape index (κ2) is 8.59. The van der Waals surface area contributed by atoms with Gasteiger partial charge in [-0.15, -0.1) is 0 Å². The predicted molar refractivity (Wildman–Crippen MR) is 101 cm³/mol. The third kappa shape index (κ3) is 5.65. The van der Waals surface area contributed by atoms with E-state index in [9.17, 15) is 5.11 Å². The third-order valence-electron chi connectivity index (χ3n) is 4.54. The van der Waals surface area contributed by atoms with Crippen LogP contribution in [0.3, 0.4) is 0 Å². The summed E-state index contributed by atoms with van der Waals surface area (Å²) in [6.07, 6.45) is 0. The topological polar surface area (TPSA) is 44.7 Å². The average molecular weight is 340 g/mol. The van der Waals surface area contributed by atoms with Crippen molar-refractivity contribution in [2.75, 3.05) is 39.4 Å². The summed E-state index contributed by atoms with van der Waals surface area (Å²) < 4.78 is 5.36. The van der Waals surface area contributed by atoms with Crippen molar-refractivity contribution in [1.29, 1.82) is 0 Å². The maximum Gasteiger partial charge on any atom is 0.0869 e. The Kier molecular flexibility index (Phi) is 6.21. The van der Waals surface area contributed by atoms with Crippen molar-refractivity contribution in [1.82, 2.24) is 10.2 Å². The molecule has 0 aliphatic carbocycles. The fourth-order valence-corrected chi connectivity index (χ4v) is 3.26. The van der Waals surface area contributed by atoms with Crippen molar-refractivity contribution >= 4 is 0 Å². The molecule has 4 heteroatoms. The molecule has 1 fully saturated rings. The van der Waals surface area contributed by atoms with Gasteiger partial charge in [-0.05, 0) is 29.7 Å². The fraction of sp³-hybridized carbons (Fsp3) is 0.429. The number of nitrogens with one attached hydrogen (secondary N) is 1. The molecule has 2 aromatic rings. The second-order valence-electron chi connectivity index (χ2n) is 7.06. The Morgan fingerprint density at radius 2 is 1.76 bits per heavy atom. The molecule has 0 saturated carbocycles. The van der Waals surface area contributed by atoms with Gasteiger partial charge in [0.15, 0.2) is 0 Å². The molecule has 4 nitrogen and oxygen atoms in total. The monoisotopic (exact) mass is 340 g/mol. The summed E-state index contributed by atoms with van der Waals surface area (Å²) in [6, 6.07) is 18.9. The van der Waals surface area contributed by atoms with Gasteiger partial charge in [0.1, 0.15) is 0 Å². The van der Waals surface area contributed by atoms with Crippen LogP contribution in [0.5, 0.6) is 0 Å². The molecule has 1 aliphatic heterocycles. The van der Waals surface area contributed by atoms with E-state index in [0.29, 0.717) is 13.1 Å². The fourth-order valence-electron chi connectivity index (χ4n) is 3.26. The molecule has 3 rings (SSSR count). The summed E-state index contributed by atoms with van der Waals surface area (Å²) in [5, 5.41) is 14.0. The lowest BCUT2D eigenvalue weighted by molar-refractivity contribution is -0.0219. The molecule has 0 radical (unpaired) electrons. The molecular formula is C21H28N2O2. The van der Waals surface area contributed by atoms with Crippen LogP contribution in [0, 0.1) is 0 Å². The Morgan fingerprint density at radius 1 is 1.04 bits per heavy atom. The number of hydrogen-bond acceptors (Lipinski definition) is 4. The molecule has 1 unspecified atom stereocenters. The second-order valence-corrected chi connectivity index (χ2v) is 7.06. The molecule has 1 atom stereocenters. The normalized spacial score (nSPS) is 18.0. The molecule has 1 heterocycles. The molecule has 0 spiro atoms. The minimum atomic E-state index is -0.742. The van der Waals surface area contributed by atoms with E-state index in [4.69, 9.17) is 4.74 Å². The van der Waals surface area contributed by atoms with E-state index < -0.39 is 5.60 Å². The highest BCUT2D eigenvalue weighted by atomic mass is 16.5. The van der Waals surface area contributed by atoms with Crippen molar-refractivity contribution in [3.8, 4) is 11.1 Å². The number of morpholine rings is 1. The van der Waals surface area contributed by atoms with Gasteiger partial charge >= 0.3 is 0 Å². The maximum absolute atomic E-state index is 10.6. The van der Waals surface area contributed by atoms with E-state index in [1.165, 1.54) is 16.7 Å². The summed E-state index contributed by atoms with van der Waals surface area (Å²) in [4.78, 5) is 2.27. The standard InChI is InChI=1S/C21H28N2O2/c1-21(24,17-23-10-12-25-13-11-23)16-22-15-18-6-5-9-20(14-18)19-7-3-2-4-8-19/h2-9,14,22,24H,10-13,15-17H2,1H3. The zero-order chi connectivity index (χ0) is 17.5. The highest BCUT2D eigenvalue weighted by molar-refractivity contribution is 5.63. The van der Waals surface area contributed by atoms with Crippen LogP contribution in [0.2, 0.25) is 0 Å². The number of aliphatic hydroxyl groups is 1. The maximum atomic E-state index is 10.6. The average Bonchev–Trinajstić information content (AvgIpc) is 2.63. The molecule has 0 aromatic heterocycles. The van der Waals surface area contributed by atoms with E-state index in [0.717, 1.165) is 32.8 Å². The number of β-amino-alcohol motifs (C(OH)–C–C–N with tert-alkyl or cyclic N) is 1. The summed E-state index contributed by atoms with van der Waals surface area (Å²) in [5.74, 6) is 0. The van der Waals surface area contributed by atoms with Crippen LogP contribution in [0.1, 0.15) is 12.5 Å². The Labute approximate surface area is 150 Å². The van der Waals surface area contributed by atoms with Crippen LogP contribution in [0.25, 0.3) is 11.1 Å². The largest absolute Gasteiger partial charge is 0.388 e. The van der Waals surface area contributed by atoms with Gasteiger partial charge in [0.05, 0.1) is 18.8 Å². The number of benzene rings is 2. The molecule has 0 amide bonds. The molecule has 1 aliphatic rings. The minimum absolute atomic E-state index is 0.569. The molecule has 0 bridgehead atoms. The third-order valence-corrected chi connectivity index (χ3v) is 4.54. The first-order chi connectivity index (χ1) is 12.1. The lowest BCUT2D eigenvalue weighted by Gasteiger charge is -2.34. The smallest absolute Gasteiger partial charge is 0.0869 e. The van der Waals surface area contributed by atoms with Crippen LogP contribution in [-0.2, 0) is 11.3 Å². The summed E-state index contributed by atoms with van der Waals surface area (Å²) in [6.45, 7) is 7.21. The van der Waals surface area contributed by atoms with Gasteiger partial charge in [-0.1, -0.05) is 48.5 Å². The van der Waals surface area contributed by atoms with Gasteiger partial charge in [-0.3, -0.25) is 4.90 Å². The quantitative estimate of drug-likeness (QED) is 0.813. The van der Waals surface area contributed by atoms with Gasteiger partial charge in [-0.2, -0.15) is 0 Å². The van der Waals surface area contributed by atoms with Crippen molar-refractivity contribution in [2.45, 2.75) is 19.1 Å². The van der Waals surface area contributed by atoms with E-state index in [2.05, 4.69) is 58.7 Å². The van der Waals surface area contributed by atoms with Gasteiger partial charge in [0.2, 0.25) is 0 Å². The number of ether oxygens (including phenoxy) is 1. The highest BCUT2D eigenvalue weighted by Gasteiger charge is 2.24. The lowest BCUT2D eigenvalue weighted by atomic mass is 10.0. The van der Waals surface area contributed by atoms with Gasteiger partial charge in [-0.25, -0.2) is 0 Å². The van der Waals surface area contributed by atoms with E-state index >= 15 is 0 Å². The first kappa shape index (κ1) is 18.1. The first-order valence-corrected chi connectivity index (χ1v) is 9.00. The number of rotatable bonds is 7. The highest BCUT2D eigenvalue weighted by Crippen LogP contribution is 2.20. The zero-order valence-electron chi connectivity index (χ0n) is 14.9.